The molecular weight excluding hydrogens is 224 g/mol. The zero-order chi connectivity index (χ0) is 13.4. The Balaban J connectivity index is 2.40. The molecule has 1 amide bonds. The molecular formula is C15H20N2O. The van der Waals surface area contributed by atoms with Gasteiger partial charge in [0.15, 0.2) is 0 Å². The fourth-order valence-corrected chi connectivity index (χ4v) is 1.67. The number of benzene rings is 1. The van der Waals surface area contributed by atoms with E-state index in [-0.39, 0.29) is 18.5 Å². The first-order valence-electron chi connectivity index (χ1n) is 6.19. The molecule has 0 saturated heterocycles. The van der Waals surface area contributed by atoms with Gasteiger partial charge >= 0.3 is 0 Å². The summed E-state index contributed by atoms with van der Waals surface area (Å²) in [4.78, 5) is 11.7. The third-order valence-corrected chi connectivity index (χ3v) is 2.71. The molecule has 0 spiro atoms. The summed E-state index contributed by atoms with van der Waals surface area (Å²) in [5.41, 5.74) is 1.95. The Labute approximate surface area is 109 Å². The Morgan fingerprint density at radius 2 is 2.28 bits per heavy atom. The number of nitrogens with one attached hydrogen (secondary N) is 2. The van der Waals surface area contributed by atoms with E-state index in [1.165, 1.54) is 0 Å². The molecule has 0 saturated carbocycles. The third-order valence-electron chi connectivity index (χ3n) is 2.71. The molecule has 0 fully saturated rings. The van der Waals surface area contributed by atoms with Gasteiger partial charge in [0.25, 0.3) is 0 Å². The van der Waals surface area contributed by atoms with Gasteiger partial charge in [-0.05, 0) is 31.0 Å². The lowest BCUT2D eigenvalue weighted by Gasteiger charge is -2.14. The number of carbonyl (C=O) groups excluding carboxylic acids is 1. The maximum absolute atomic E-state index is 11.7. The number of amides is 1. The molecule has 0 radical (unpaired) electrons. The number of terminal acetylenes is 1. The summed E-state index contributed by atoms with van der Waals surface area (Å²) in [6.45, 7) is 4.33. The number of aryl methyl sites for hydroxylation is 1. The molecule has 1 unspecified atom stereocenters. The van der Waals surface area contributed by atoms with Gasteiger partial charge in [-0.1, -0.05) is 19.1 Å². The number of hydrogen-bond acceptors (Lipinski definition) is 2. The number of hydrogen-bond donors (Lipinski definition) is 2. The fourth-order valence-electron chi connectivity index (χ4n) is 1.67. The van der Waals surface area contributed by atoms with E-state index in [4.69, 9.17) is 6.42 Å². The summed E-state index contributed by atoms with van der Waals surface area (Å²) in [5, 5.41) is 6.00. The molecule has 2 N–H and O–H groups in total. The van der Waals surface area contributed by atoms with Crippen molar-refractivity contribution in [2.24, 2.45) is 0 Å². The van der Waals surface area contributed by atoms with Gasteiger partial charge in [0.05, 0.1) is 6.54 Å². The number of anilines is 1. The van der Waals surface area contributed by atoms with Crippen LogP contribution in [-0.4, -0.2) is 18.5 Å². The van der Waals surface area contributed by atoms with Crippen LogP contribution in [-0.2, 0) is 4.79 Å². The van der Waals surface area contributed by atoms with Crippen LogP contribution in [0.5, 0.6) is 0 Å². The molecule has 1 atom stereocenters. The Hall–Kier alpha value is -1.79. The van der Waals surface area contributed by atoms with E-state index < -0.39 is 0 Å². The molecule has 1 rings (SSSR count). The van der Waals surface area contributed by atoms with Crippen LogP contribution in [0.4, 0.5) is 5.69 Å². The largest absolute Gasteiger partial charge is 0.325 e. The van der Waals surface area contributed by atoms with Crippen LogP contribution in [0.25, 0.3) is 0 Å². The van der Waals surface area contributed by atoms with E-state index in [2.05, 4.69) is 16.6 Å². The molecule has 0 aliphatic rings. The highest BCUT2D eigenvalue weighted by atomic mass is 16.1. The Kier molecular flexibility index (Phi) is 5.96. The van der Waals surface area contributed by atoms with Crippen molar-refractivity contribution in [2.45, 2.75) is 32.7 Å². The molecule has 0 aromatic heterocycles. The van der Waals surface area contributed by atoms with Crippen molar-refractivity contribution in [3.05, 3.63) is 29.8 Å². The van der Waals surface area contributed by atoms with E-state index in [0.29, 0.717) is 6.42 Å². The van der Waals surface area contributed by atoms with Gasteiger partial charge in [-0.15, -0.1) is 12.3 Å². The second kappa shape index (κ2) is 7.52. The predicted octanol–water partition coefficient (Wildman–Crippen LogP) is 2.33. The van der Waals surface area contributed by atoms with Crippen LogP contribution in [0.1, 0.15) is 25.3 Å². The van der Waals surface area contributed by atoms with Gasteiger partial charge in [-0.2, -0.15) is 0 Å². The molecule has 0 heterocycles. The summed E-state index contributed by atoms with van der Waals surface area (Å²) in [6, 6.07) is 7.94. The smallest absolute Gasteiger partial charge is 0.238 e. The Morgan fingerprint density at radius 3 is 2.89 bits per heavy atom. The lowest BCUT2D eigenvalue weighted by atomic mass is 10.1. The molecule has 0 aliphatic heterocycles. The van der Waals surface area contributed by atoms with Crippen LogP contribution < -0.4 is 10.6 Å². The van der Waals surface area contributed by atoms with E-state index in [1.54, 1.807) is 0 Å². The minimum Gasteiger partial charge on any atom is -0.325 e. The van der Waals surface area contributed by atoms with Crippen LogP contribution in [0.2, 0.25) is 0 Å². The van der Waals surface area contributed by atoms with Crippen LogP contribution in [0.15, 0.2) is 24.3 Å². The van der Waals surface area contributed by atoms with Crippen molar-refractivity contribution >= 4 is 11.6 Å². The van der Waals surface area contributed by atoms with Crippen molar-refractivity contribution in [3.63, 3.8) is 0 Å². The standard InChI is InChI=1S/C15H20N2O/c1-4-7-13(5-2)16-11-15(18)17-14-9-6-8-12(3)10-14/h1,6,8-10,13,16H,5,7,11H2,2-3H3,(H,17,18). The highest BCUT2D eigenvalue weighted by Gasteiger charge is 2.07. The van der Waals surface area contributed by atoms with Gasteiger partial charge in [0, 0.05) is 18.2 Å². The lowest BCUT2D eigenvalue weighted by Crippen LogP contribution is -2.35. The van der Waals surface area contributed by atoms with E-state index in [9.17, 15) is 4.79 Å². The van der Waals surface area contributed by atoms with Crippen LogP contribution >= 0.6 is 0 Å². The van der Waals surface area contributed by atoms with Crippen molar-refractivity contribution < 1.29 is 4.79 Å². The molecule has 3 nitrogen and oxygen atoms in total. The summed E-state index contributed by atoms with van der Waals surface area (Å²) in [6.07, 6.45) is 6.83. The minimum absolute atomic E-state index is 0.0453. The average molecular weight is 244 g/mol. The topological polar surface area (TPSA) is 41.1 Å². The number of rotatable bonds is 6. The van der Waals surface area contributed by atoms with Crippen molar-refractivity contribution in [1.82, 2.24) is 5.32 Å². The SMILES string of the molecule is C#CCC(CC)NCC(=O)Nc1cccc(C)c1. The fraction of sp³-hybridized carbons (Fsp3) is 0.400. The first-order chi connectivity index (χ1) is 8.65. The molecule has 96 valence electrons. The summed E-state index contributed by atoms with van der Waals surface area (Å²) >= 11 is 0. The maximum Gasteiger partial charge on any atom is 0.238 e. The zero-order valence-corrected chi connectivity index (χ0v) is 11.0. The Bertz CT molecular complexity index is 434. The average Bonchev–Trinajstić information content (AvgIpc) is 2.34. The Morgan fingerprint density at radius 1 is 1.50 bits per heavy atom. The summed E-state index contributed by atoms with van der Waals surface area (Å²) in [5.74, 6) is 2.56. The highest BCUT2D eigenvalue weighted by molar-refractivity contribution is 5.92. The maximum atomic E-state index is 11.7. The van der Waals surface area contributed by atoms with E-state index in [0.717, 1.165) is 17.7 Å². The van der Waals surface area contributed by atoms with Crippen molar-refractivity contribution in [3.8, 4) is 12.3 Å². The minimum atomic E-state index is -0.0453. The first-order valence-corrected chi connectivity index (χ1v) is 6.19. The highest BCUT2D eigenvalue weighted by Crippen LogP contribution is 2.09. The van der Waals surface area contributed by atoms with Gasteiger partial charge in [0.1, 0.15) is 0 Å². The molecule has 18 heavy (non-hydrogen) atoms. The van der Waals surface area contributed by atoms with E-state index >= 15 is 0 Å². The quantitative estimate of drug-likeness (QED) is 0.754. The molecule has 3 heteroatoms. The number of carbonyl (C=O) groups is 1. The summed E-state index contributed by atoms with van der Waals surface area (Å²) < 4.78 is 0. The van der Waals surface area contributed by atoms with Gasteiger partial charge < -0.3 is 10.6 Å². The third kappa shape index (κ3) is 5.03. The molecule has 1 aromatic carbocycles. The molecule has 0 bridgehead atoms. The second-order valence-corrected chi connectivity index (χ2v) is 4.31. The van der Waals surface area contributed by atoms with Gasteiger partial charge in [0.2, 0.25) is 5.91 Å². The normalized spacial score (nSPS) is 11.6. The van der Waals surface area contributed by atoms with Crippen molar-refractivity contribution in [2.75, 3.05) is 11.9 Å². The summed E-state index contributed by atoms with van der Waals surface area (Å²) in [7, 11) is 0. The molecule has 0 aliphatic carbocycles. The van der Waals surface area contributed by atoms with Gasteiger partial charge in [-0.25, -0.2) is 0 Å². The lowest BCUT2D eigenvalue weighted by molar-refractivity contribution is -0.115. The predicted molar refractivity (Wildman–Crippen MR) is 75.3 cm³/mol. The van der Waals surface area contributed by atoms with Crippen LogP contribution in [0.3, 0.4) is 0 Å². The monoisotopic (exact) mass is 244 g/mol. The van der Waals surface area contributed by atoms with Gasteiger partial charge in [-0.3, -0.25) is 4.79 Å². The van der Waals surface area contributed by atoms with Crippen LogP contribution in [0, 0.1) is 19.3 Å². The molecule has 1 aromatic rings. The zero-order valence-electron chi connectivity index (χ0n) is 11.0. The van der Waals surface area contributed by atoms with E-state index in [1.807, 2.05) is 38.1 Å². The van der Waals surface area contributed by atoms with Crippen molar-refractivity contribution in [1.29, 1.82) is 0 Å². The second-order valence-electron chi connectivity index (χ2n) is 4.31. The first kappa shape index (κ1) is 14.3.